The van der Waals surface area contributed by atoms with Gasteiger partial charge in [-0.1, -0.05) is 30.3 Å². The molecule has 4 aromatic rings. The maximum absolute atomic E-state index is 12.9. The topological polar surface area (TPSA) is 142 Å². The van der Waals surface area contributed by atoms with E-state index >= 15 is 0 Å². The number of nitrogens with one attached hydrogen (secondary N) is 2. The number of carbonyl (C=O) groups excluding carboxylic acids is 1. The Morgan fingerprint density at radius 2 is 1.94 bits per heavy atom. The molecule has 1 amide bonds. The summed E-state index contributed by atoms with van der Waals surface area (Å²) >= 11 is 0. The molecule has 0 saturated carbocycles. The highest BCUT2D eigenvalue weighted by Gasteiger charge is 2.22. The molecule has 0 saturated heterocycles. The predicted molar refractivity (Wildman–Crippen MR) is 122 cm³/mol. The van der Waals surface area contributed by atoms with E-state index in [-0.39, 0.29) is 17.3 Å². The molecule has 3 aromatic heterocycles. The van der Waals surface area contributed by atoms with Gasteiger partial charge < -0.3 is 16.4 Å². The first-order valence-corrected chi connectivity index (χ1v) is 9.93. The van der Waals surface area contributed by atoms with Crippen molar-refractivity contribution in [2.75, 3.05) is 24.6 Å². The van der Waals surface area contributed by atoms with Gasteiger partial charge in [-0.3, -0.25) is 14.8 Å². The number of fused-ring (bicyclic) bond motifs is 1. The van der Waals surface area contributed by atoms with Crippen molar-refractivity contribution in [3.05, 3.63) is 71.8 Å². The number of hydrogen-bond donors (Lipinski definition) is 3. The first-order chi connectivity index (χ1) is 15.6. The molecular weight excluding hydrogens is 404 g/mol. The molecule has 0 bridgehead atoms. The lowest BCUT2D eigenvalue weighted by Gasteiger charge is -2.16. The number of amides is 1. The number of pyridine rings is 2. The van der Waals surface area contributed by atoms with Gasteiger partial charge in [0.05, 0.1) is 16.8 Å². The second-order valence-electron chi connectivity index (χ2n) is 6.90. The van der Waals surface area contributed by atoms with E-state index in [1.165, 1.54) is 6.33 Å². The van der Waals surface area contributed by atoms with Crippen LogP contribution in [0.25, 0.3) is 22.2 Å². The Labute approximate surface area is 184 Å². The molecule has 1 aromatic carbocycles. The maximum Gasteiger partial charge on any atom is 0.254 e. The number of aromatic nitrogens is 4. The Bertz CT molecular complexity index is 1330. The first-order valence-electron chi connectivity index (χ1n) is 9.93. The Balaban J connectivity index is 1.80. The van der Waals surface area contributed by atoms with Gasteiger partial charge in [0.25, 0.3) is 5.91 Å². The molecule has 9 nitrogen and oxygen atoms in total. The third-order valence-electron chi connectivity index (χ3n) is 4.98. The molecular formula is C23H20N8O. The molecule has 0 atom stereocenters. The Morgan fingerprint density at radius 3 is 2.69 bits per heavy atom. The highest BCUT2D eigenvalue weighted by atomic mass is 16.1. The molecule has 32 heavy (non-hydrogen) atoms. The van der Waals surface area contributed by atoms with Crippen LogP contribution in [-0.2, 0) is 6.42 Å². The molecule has 0 aliphatic rings. The zero-order valence-electron chi connectivity index (χ0n) is 17.3. The van der Waals surface area contributed by atoms with Crippen LogP contribution < -0.4 is 16.4 Å². The summed E-state index contributed by atoms with van der Waals surface area (Å²) in [6.07, 6.45) is 3.42. The Morgan fingerprint density at radius 1 is 1.12 bits per heavy atom. The average molecular weight is 424 g/mol. The van der Waals surface area contributed by atoms with Crippen molar-refractivity contribution in [3.8, 4) is 17.2 Å². The highest BCUT2D eigenvalue weighted by Crippen LogP contribution is 2.32. The van der Waals surface area contributed by atoms with Crippen molar-refractivity contribution >= 4 is 28.6 Å². The first kappa shape index (κ1) is 20.7. The third-order valence-corrected chi connectivity index (χ3v) is 4.98. The number of carbonyl (C=O) groups is 1. The van der Waals surface area contributed by atoms with Crippen LogP contribution in [0.15, 0.2) is 55.0 Å². The zero-order valence-corrected chi connectivity index (χ0v) is 17.3. The molecule has 0 fully saturated rings. The fraction of sp³-hybridized carbons (Fsp3) is 0.130. The lowest BCUT2D eigenvalue weighted by atomic mass is 9.94. The van der Waals surface area contributed by atoms with Crippen LogP contribution in [0.3, 0.4) is 0 Å². The normalized spacial score (nSPS) is 10.5. The summed E-state index contributed by atoms with van der Waals surface area (Å²) in [6.45, 7) is 0.414. The van der Waals surface area contributed by atoms with Gasteiger partial charge in [-0.25, -0.2) is 9.97 Å². The van der Waals surface area contributed by atoms with Gasteiger partial charge in [0.1, 0.15) is 35.1 Å². The van der Waals surface area contributed by atoms with Gasteiger partial charge in [-0.05, 0) is 17.7 Å². The number of nitrogen functional groups attached to an aromatic ring is 1. The van der Waals surface area contributed by atoms with Crippen molar-refractivity contribution in [3.63, 3.8) is 0 Å². The quantitative estimate of drug-likeness (QED) is 0.429. The molecule has 0 aliphatic heterocycles. The number of rotatable bonds is 6. The van der Waals surface area contributed by atoms with Crippen LogP contribution in [0.1, 0.15) is 21.6 Å². The van der Waals surface area contributed by atoms with Crippen LogP contribution in [0, 0.1) is 11.3 Å². The van der Waals surface area contributed by atoms with Crippen LogP contribution in [0.2, 0.25) is 0 Å². The summed E-state index contributed by atoms with van der Waals surface area (Å²) in [5.41, 5.74) is 9.92. The number of anilines is 2. The zero-order chi connectivity index (χ0) is 22.5. The van der Waals surface area contributed by atoms with Gasteiger partial charge in [0.15, 0.2) is 0 Å². The van der Waals surface area contributed by atoms with Crippen molar-refractivity contribution in [2.45, 2.75) is 6.42 Å². The summed E-state index contributed by atoms with van der Waals surface area (Å²) in [7, 11) is 1.59. The second kappa shape index (κ2) is 9.06. The van der Waals surface area contributed by atoms with E-state index in [9.17, 15) is 10.1 Å². The number of nitrogens with two attached hydrogens (primary N) is 1. The van der Waals surface area contributed by atoms with Crippen molar-refractivity contribution < 1.29 is 4.79 Å². The van der Waals surface area contributed by atoms with Crippen molar-refractivity contribution in [1.82, 2.24) is 25.3 Å². The van der Waals surface area contributed by atoms with Crippen molar-refractivity contribution in [2.24, 2.45) is 0 Å². The standard InChI is InChI=1S/C23H20N8O/c1-26-23(32)19-18(14-6-3-2-4-7-14)16(31-17-8-5-10-27-20(17)19)9-11-28-22-15(12-24)21(25)29-13-30-22/h2-8,10,13H,9,11H2,1H3,(H,26,32)(H3,25,28,29,30). The average Bonchev–Trinajstić information content (AvgIpc) is 2.83. The van der Waals surface area contributed by atoms with E-state index in [0.29, 0.717) is 35.4 Å². The fourth-order valence-corrected chi connectivity index (χ4v) is 3.53. The molecule has 3 heterocycles. The van der Waals surface area contributed by atoms with Crippen LogP contribution in [0.5, 0.6) is 0 Å². The highest BCUT2D eigenvalue weighted by molar-refractivity contribution is 6.10. The van der Waals surface area contributed by atoms with Crippen molar-refractivity contribution in [1.29, 1.82) is 5.26 Å². The fourth-order valence-electron chi connectivity index (χ4n) is 3.53. The summed E-state index contributed by atoms with van der Waals surface area (Å²) in [4.78, 5) is 30.1. The van der Waals surface area contributed by atoms with Gasteiger partial charge in [0.2, 0.25) is 0 Å². The van der Waals surface area contributed by atoms with E-state index in [1.54, 1.807) is 19.3 Å². The summed E-state index contributed by atoms with van der Waals surface area (Å²) in [5.74, 6) is 0.238. The van der Waals surface area contributed by atoms with Crippen LogP contribution in [0.4, 0.5) is 11.6 Å². The second-order valence-corrected chi connectivity index (χ2v) is 6.90. The third kappa shape index (κ3) is 3.89. The Kier molecular flexibility index (Phi) is 5.85. The van der Waals surface area contributed by atoms with Crippen LogP contribution >= 0.6 is 0 Å². The minimum Gasteiger partial charge on any atom is -0.382 e. The van der Waals surface area contributed by atoms with E-state index in [0.717, 1.165) is 16.8 Å². The number of benzene rings is 1. The van der Waals surface area contributed by atoms with Gasteiger partial charge in [0, 0.05) is 31.8 Å². The monoisotopic (exact) mass is 424 g/mol. The molecule has 0 aliphatic carbocycles. The molecule has 9 heteroatoms. The summed E-state index contributed by atoms with van der Waals surface area (Å²) in [5, 5.41) is 15.2. The molecule has 4 rings (SSSR count). The number of nitriles is 1. The minimum absolute atomic E-state index is 0.117. The number of nitrogens with zero attached hydrogens (tertiary/aromatic N) is 5. The molecule has 4 N–H and O–H groups in total. The van der Waals surface area contributed by atoms with E-state index in [2.05, 4.69) is 25.6 Å². The van der Waals surface area contributed by atoms with Gasteiger partial charge >= 0.3 is 0 Å². The smallest absolute Gasteiger partial charge is 0.254 e. The summed E-state index contributed by atoms with van der Waals surface area (Å²) < 4.78 is 0. The minimum atomic E-state index is -0.237. The Hall–Kier alpha value is -4.58. The van der Waals surface area contributed by atoms with E-state index in [4.69, 9.17) is 10.7 Å². The SMILES string of the molecule is CNC(=O)c1c(-c2ccccc2)c(CCNc2ncnc(N)c2C#N)nc2cccnc12. The lowest BCUT2D eigenvalue weighted by Crippen LogP contribution is -2.21. The number of hydrogen-bond acceptors (Lipinski definition) is 8. The largest absolute Gasteiger partial charge is 0.382 e. The van der Waals surface area contributed by atoms with Crippen LogP contribution in [-0.4, -0.2) is 39.4 Å². The van der Waals surface area contributed by atoms with Gasteiger partial charge in [-0.2, -0.15) is 5.26 Å². The van der Waals surface area contributed by atoms with E-state index < -0.39 is 0 Å². The molecule has 0 radical (unpaired) electrons. The van der Waals surface area contributed by atoms with Gasteiger partial charge in [-0.15, -0.1) is 0 Å². The predicted octanol–water partition coefficient (Wildman–Crippen LogP) is 2.55. The molecule has 158 valence electrons. The molecule has 0 unspecified atom stereocenters. The van der Waals surface area contributed by atoms with E-state index in [1.807, 2.05) is 42.5 Å². The maximum atomic E-state index is 12.9. The molecule has 0 spiro atoms. The lowest BCUT2D eigenvalue weighted by molar-refractivity contribution is 0.0965. The summed E-state index contributed by atoms with van der Waals surface area (Å²) in [6, 6.07) is 15.3.